The molecule has 0 aliphatic carbocycles. The van der Waals surface area contributed by atoms with Crippen molar-refractivity contribution in [2.45, 2.75) is 13.1 Å². The number of ether oxygens (including phenoxy) is 1. The van der Waals surface area contributed by atoms with Crippen molar-refractivity contribution in [3.05, 3.63) is 22.3 Å². The molecule has 0 amide bonds. The highest BCUT2D eigenvalue weighted by Gasteiger charge is 2.28. The maximum Gasteiger partial charge on any atom is 0.422 e. The van der Waals surface area contributed by atoms with Crippen LogP contribution in [-0.4, -0.2) is 17.8 Å². The number of aryl methyl sites for hydroxylation is 1. The molecule has 0 saturated carbocycles. The molecule has 78 valence electrons. The molecule has 14 heavy (non-hydrogen) atoms. The van der Waals surface area contributed by atoms with Gasteiger partial charge in [-0.25, -0.2) is 4.98 Å². The minimum atomic E-state index is -4.33. The molecule has 1 heterocycles. The van der Waals surface area contributed by atoms with Crippen LogP contribution in [0.5, 0.6) is 5.88 Å². The molecule has 0 aliphatic rings. The first kappa shape index (κ1) is 11.3. The highest BCUT2D eigenvalue weighted by molar-refractivity contribution is 9.10. The zero-order valence-electron chi connectivity index (χ0n) is 7.23. The second-order valence-corrected chi connectivity index (χ2v) is 3.47. The summed E-state index contributed by atoms with van der Waals surface area (Å²) in [5, 5.41) is 0. The summed E-state index contributed by atoms with van der Waals surface area (Å²) in [6, 6.07) is 2.97. The highest BCUT2D eigenvalue weighted by Crippen LogP contribution is 2.20. The topological polar surface area (TPSA) is 22.1 Å². The van der Waals surface area contributed by atoms with Crippen molar-refractivity contribution in [1.29, 1.82) is 0 Å². The third-order valence-electron chi connectivity index (χ3n) is 1.38. The van der Waals surface area contributed by atoms with Gasteiger partial charge in [0.1, 0.15) is 0 Å². The van der Waals surface area contributed by atoms with E-state index in [2.05, 4.69) is 25.7 Å². The Morgan fingerprint density at radius 3 is 2.57 bits per heavy atom. The fraction of sp³-hybridized carbons (Fsp3) is 0.375. The van der Waals surface area contributed by atoms with E-state index in [1.807, 2.05) is 0 Å². The summed E-state index contributed by atoms with van der Waals surface area (Å²) >= 11 is 3.18. The number of hydrogen-bond acceptors (Lipinski definition) is 2. The molecule has 2 nitrogen and oxygen atoms in total. The van der Waals surface area contributed by atoms with Gasteiger partial charge in [-0.05, 0) is 28.9 Å². The third-order valence-corrected chi connectivity index (χ3v) is 2.22. The lowest BCUT2D eigenvalue weighted by Crippen LogP contribution is -2.19. The Bertz CT molecular complexity index is 327. The van der Waals surface area contributed by atoms with E-state index in [1.165, 1.54) is 6.07 Å². The van der Waals surface area contributed by atoms with Crippen LogP contribution in [0.4, 0.5) is 13.2 Å². The Labute approximate surface area is 87.2 Å². The number of halogens is 4. The number of hydrogen-bond donors (Lipinski definition) is 0. The van der Waals surface area contributed by atoms with E-state index in [1.54, 1.807) is 13.0 Å². The van der Waals surface area contributed by atoms with Gasteiger partial charge in [0.05, 0.1) is 5.69 Å². The Kier molecular flexibility index (Phi) is 3.36. The molecule has 0 bridgehead atoms. The summed E-state index contributed by atoms with van der Waals surface area (Å²) in [7, 11) is 0. The predicted octanol–water partition coefficient (Wildman–Crippen LogP) is 3.09. The van der Waals surface area contributed by atoms with Crippen LogP contribution in [0.25, 0.3) is 0 Å². The van der Waals surface area contributed by atoms with Crippen LogP contribution in [0, 0.1) is 6.92 Å². The fourth-order valence-electron chi connectivity index (χ4n) is 0.757. The minimum absolute atomic E-state index is 0.0250. The first-order chi connectivity index (χ1) is 6.38. The van der Waals surface area contributed by atoms with E-state index < -0.39 is 12.8 Å². The Morgan fingerprint density at radius 2 is 2.07 bits per heavy atom. The molecule has 0 fully saturated rings. The van der Waals surface area contributed by atoms with Crippen molar-refractivity contribution >= 4 is 15.9 Å². The largest absolute Gasteiger partial charge is 0.468 e. The molecule has 0 saturated heterocycles. The van der Waals surface area contributed by atoms with Gasteiger partial charge in [-0.2, -0.15) is 13.2 Å². The lowest BCUT2D eigenvalue weighted by Gasteiger charge is -2.08. The first-order valence-corrected chi connectivity index (χ1v) is 4.50. The van der Waals surface area contributed by atoms with E-state index >= 15 is 0 Å². The third kappa shape index (κ3) is 3.53. The van der Waals surface area contributed by atoms with Gasteiger partial charge in [-0.3, -0.25) is 0 Å². The van der Waals surface area contributed by atoms with Crippen molar-refractivity contribution in [1.82, 2.24) is 4.98 Å². The van der Waals surface area contributed by atoms with Crippen LogP contribution < -0.4 is 4.74 Å². The average molecular weight is 270 g/mol. The molecule has 6 heteroatoms. The monoisotopic (exact) mass is 269 g/mol. The van der Waals surface area contributed by atoms with Gasteiger partial charge < -0.3 is 4.74 Å². The van der Waals surface area contributed by atoms with Gasteiger partial charge in [0.2, 0.25) is 5.88 Å². The van der Waals surface area contributed by atoms with Crippen LogP contribution in [0.3, 0.4) is 0 Å². The average Bonchev–Trinajstić information content (AvgIpc) is 2.06. The van der Waals surface area contributed by atoms with Crippen molar-refractivity contribution in [2.24, 2.45) is 0 Å². The quantitative estimate of drug-likeness (QED) is 0.823. The molecule has 0 aromatic carbocycles. The maximum atomic E-state index is 11.8. The van der Waals surface area contributed by atoms with E-state index in [0.29, 0.717) is 5.69 Å². The summed E-state index contributed by atoms with van der Waals surface area (Å²) in [6.07, 6.45) is -4.33. The van der Waals surface area contributed by atoms with Crippen molar-refractivity contribution in [2.75, 3.05) is 6.61 Å². The van der Waals surface area contributed by atoms with E-state index in [9.17, 15) is 13.2 Å². The number of rotatable bonds is 2. The van der Waals surface area contributed by atoms with Crippen LogP contribution in [0.1, 0.15) is 5.69 Å². The summed E-state index contributed by atoms with van der Waals surface area (Å²) < 4.78 is 40.5. The second-order valence-electron chi connectivity index (χ2n) is 2.62. The van der Waals surface area contributed by atoms with E-state index in [0.717, 1.165) is 4.47 Å². The molecule has 0 aliphatic heterocycles. The summed E-state index contributed by atoms with van der Waals surface area (Å²) in [5.74, 6) is -0.0250. The van der Waals surface area contributed by atoms with Crippen molar-refractivity contribution in [3.63, 3.8) is 0 Å². The summed E-state index contributed by atoms with van der Waals surface area (Å²) in [4.78, 5) is 3.81. The number of nitrogens with zero attached hydrogens (tertiary/aromatic N) is 1. The van der Waals surface area contributed by atoms with Gasteiger partial charge in [-0.1, -0.05) is 0 Å². The standard InChI is InChI=1S/C8H7BrF3NO/c1-5-6(9)2-3-7(13-5)14-4-8(10,11)12/h2-3H,4H2,1H3. The Morgan fingerprint density at radius 1 is 1.43 bits per heavy atom. The second kappa shape index (κ2) is 4.16. The predicted molar refractivity (Wildman–Crippen MR) is 48.2 cm³/mol. The highest BCUT2D eigenvalue weighted by atomic mass is 79.9. The van der Waals surface area contributed by atoms with Crippen LogP contribution in [0.15, 0.2) is 16.6 Å². The smallest absolute Gasteiger partial charge is 0.422 e. The molecule has 0 N–H and O–H groups in total. The van der Waals surface area contributed by atoms with E-state index in [-0.39, 0.29) is 5.88 Å². The lowest BCUT2D eigenvalue weighted by molar-refractivity contribution is -0.154. The lowest BCUT2D eigenvalue weighted by atomic mass is 10.4. The van der Waals surface area contributed by atoms with Crippen LogP contribution >= 0.6 is 15.9 Å². The van der Waals surface area contributed by atoms with Gasteiger partial charge >= 0.3 is 6.18 Å². The van der Waals surface area contributed by atoms with Gasteiger partial charge in [0.25, 0.3) is 0 Å². The SMILES string of the molecule is Cc1nc(OCC(F)(F)F)ccc1Br. The maximum absolute atomic E-state index is 11.8. The summed E-state index contributed by atoms with van der Waals surface area (Å²) in [5.41, 5.74) is 0.588. The summed E-state index contributed by atoms with van der Waals surface area (Å²) in [6.45, 7) is 0.353. The number of aromatic nitrogens is 1. The first-order valence-electron chi connectivity index (χ1n) is 3.71. The zero-order chi connectivity index (χ0) is 10.8. The molecule has 0 spiro atoms. The van der Waals surface area contributed by atoms with Crippen molar-refractivity contribution in [3.8, 4) is 5.88 Å². The van der Waals surface area contributed by atoms with Crippen molar-refractivity contribution < 1.29 is 17.9 Å². The van der Waals surface area contributed by atoms with E-state index in [4.69, 9.17) is 0 Å². The van der Waals surface area contributed by atoms with Gasteiger partial charge in [0, 0.05) is 10.5 Å². The normalized spacial score (nSPS) is 11.5. The molecular weight excluding hydrogens is 263 g/mol. The number of alkyl halides is 3. The molecule has 0 atom stereocenters. The molecule has 1 rings (SSSR count). The minimum Gasteiger partial charge on any atom is -0.468 e. The molecule has 0 radical (unpaired) electrons. The Hall–Kier alpha value is -0.780. The molecule has 1 aromatic heterocycles. The zero-order valence-corrected chi connectivity index (χ0v) is 8.82. The number of pyridine rings is 1. The van der Waals surface area contributed by atoms with Crippen LogP contribution in [-0.2, 0) is 0 Å². The molecule has 1 aromatic rings. The molecular formula is C8H7BrF3NO. The molecule has 0 unspecified atom stereocenters. The van der Waals surface area contributed by atoms with Gasteiger partial charge in [-0.15, -0.1) is 0 Å². The van der Waals surface area contributed by atoms with Crippen LogP contribution in [0.2, 0.25) is 0 Å². The fourth-order valence-corrected chi connectivity index (χ4v) is 0.978. The van der Waals surface area contributed by atoms with Gasteiger partial charge in [0.15, 0.2) is 6.61 Å². The Balaban J connectivity index is 2.65.